The van der Waals surface area contributed by atoms with E-state index in [1.165, 1.54) is 12.5 Å². The maximum atomic E-state index is 13.0. The molecule has 142 valence electrons. The lowest BCUT2D eigenvalue weighted by molar-refractivity contribution is -0.114. The maximum absolute atomic E-state index is 13.0. The number of benzene rings is 2. The van der Waals surface area contributed by atoms with Gasteiger partial charge < -0.3 is 19.7 Å². The molecule has 0 bridgehead atoms. The Morgan fingerprint density at radius 3 is 2.30 bits per heavy atom. The third-order valence-corrected chi connectivity index (χ3v) is 4.90. The SMILES string of the molecule is COc1cc2c(cc1OC)C(C)N(C(=O)c1ccc(NC(C)=O)cc1)CC2. The van der Waals surface area contributed by atoms with E-state index in [0.29, 0.717) is 29.3 Å². The number of anilines is 1. The lowest BCUT2D eigenvalue weighted by Crippen LogP contribution is -2.38. The standard InChI is InChI=1S/C21H24N2O4/c1-13-18-12-20(27-4)19(26-3)11-16(18)9-10-23(13)21(25)15-5-7-17(8-6-15)22-14(2)24/h5-8,11-13H,9-10H2,1-4H3,(H,22,24). The van der Waals surface area contributed by atoms with Crippen LogP contribution in [-0.2, 0) is 11.2 Å². The summed E-state index contributed by atoms with van der Waals surface area (Å²) in [4.78, 5) is 26.0. The first-order valence-electron chi connectivity index (χ1n) is 8.88. The van der Waals surface area contributed by atoms with E-state index in [-0.39, 0.29) is 17.9 Å². The Bertz CT molecular complexity index is 861. The molecule has 1 heterocycles. The van der Waals surface area contributed by atoms with Gasteiger partial charge in [-0.3, -0.25) is 9.59 Å². The van der Waals surface area contributed by atoms with Crippen LogP contribution in [0.4, 0.5) is 5.69 Å². The predicted octanol–water partition coefficient (Wildman–Crippen LogP) is 3.42. The summed E-state index contributed by atoms with van der Waals surface area (Å²) in [7, 11) is 3.23. The van der Waals surface area contributed by atoms with Crippen molar-refractivity contribution in [3.05, 3.63) is 53.1 Å². The molecule has 0 spiro atoms. The van der Waals surface area contributed by atoms with E-state index in [2.05, 4.69) is 5.32 Å². The number of fused-ring (bicyclic) bond motifs is 1. The number of methoxy groups -OCH3 is 2. The van der Waals surface area contributed by atoms with Gasteiger partial charge >= 0.3 is 0 Å². The zero-order chi connectivity index (χ0) is 19.6. The Labute approximate surface area is 159 Å². The van der Waals surface area contributed by atoms with Crippen molar-refractivity contribution in [1.82, 2.24) is 4.90 Å². The Kier molecular flexibility index (Phi) is 5.35. The Hall–Kier alpha value is -3.02. The van der Waals surface area contributed by atoms with Crippen LogP contribution in [0.3, 0.4) is 0 Å². The highest BCUT2D eigenvalue weighted by Crippen LogP contribution is 2.38. The van der Waals surface area contributed by atoms with Crippen LogP contribution in [0.15, 0.2) is 36.4 Å². The number of nitrogens with zero attached hydrogens (tertiary/aromatic N) is 1. The van der Waals surface area contributed by atoms with Crippen LogP contribution in [0.25, 0.3) is 0 Å². The van der Waals surface area contributed by atoms with Gasteiger partial charge in [0.05, 0.1) is 20.3 Å². The van der Waals surface area contributed by atoms with Crippen molar-refractivity contribution in [1.29, 1.82) is 0 Å². The van der Waals surface area contributed by atoms with Gasteiger partial charge in [0, 0.05) is 24.7 Å². The summed E-state index contributed by atoms with van der Waals surface area (Å²) in [5.41, 5.74) is 3.51. The summed E-state index contributed by atoms with van der Waals surface area (Å²) >= 11 is 0. The Morgan fingerprint density at radius 2 is 1.70 bits per heavy atom. The molecule has 0 radical (unpaired) electrons. The van der Waals surface area contributed by atoms with E-state index in [1.807, 2.05) is 24.0 Å². The molecule has 0 saturated carbocycles. The molecule has 27 heavy (non-hydrogen) atoms. The molecule has 0 fully saturated rings. The minimum Gasteiger partial charge on any atom is -0.493 e. The minimum absolute atomic E-state index is 0.0303. The normalized spacial score (nSPS) is 15.7. The fourth-order valence-electron chi connectivity index (χ4n) is 3.49. The number of hydrogen-bond acceptors (Lipinski definition) is 4. The largest absolute Gasteiger partial charge is 0.493 e. The summed E-state index contributed by atoms with van der Waals surface area (Å²) in [5, 5.41) is 2.71. The van der Waals surface area contributed by atoms with Crippen molar-refractivity contribution >= 4 is 17.5 Å². The topological polar surface area (TPSA) is 67.9 Å². The molecule has 2 aromatic carbocycles. The van der Waals surface area contributed by atoms with Crippen LogP contribution in [0, 0.1) is 0 Å². The summed E-state index contributed by atoms with van der Waals surface area (Å²) in [6, 6.07) is 10.8. The number of ether oxygens (including phenoxy) is 2. The number of amides is 2. The first-order chi connectivity index (χ1) is 12.9. The molecular weight excluding hydrogens is 344 g/mol. The molecule has 1 aliphatic rings. The van der Waals surface area contributed by atoms with Gasteiger partial charge in [0.1, 0.15) is 0 Å². The van der Waals surface area contributed by atoms with Gasteiger partial charge in [-0.2, -0.15) is 0 Å². The zero-order valence-corrected chi connectivity index (χ0v) is 16.0. The van der Waals surface area contributed by atoms with Gasteiger partial charge in [-0.15, -0.1) is 0 Å². The number of hydrogen-bond donors (Lipinski definition) is 1. The van der Waals surface area contributed by atoms with E-state index in [4.69, 9.17) is 9.47 Å². The summed E-state index contributed by atoms with van der Waals surface area (Å²) in [6.45, 7) is 4.11. The lowest BCUT2D eigenvalue weighted by Gasteiger charge is -2.36. The molecule has 3 rings (SSSR count). The molecule has 1 atom stereocenters. The third-order valence-electron chi connectivity index (χ3n) is 4.90. The van der Waals surface area contributed by atoms with Gasteiger partial charge in [0.25, 0.3) is 5.91 Å². The minimum atomic E-state index is -0.139. The molecule has 1 N–H and O–H groups in total. The zero-order valence-electron chi connectivity index (χ0n) is 16.0. The lowest BCUT2D eigenvalue weighted by atomic mass is 9.92. The first-order valence-corrected chi connectivity index (χ1v) is 8.88. The van der Waals surface area contributed by atoms with Crippen molar-refractivity contribution in [2.45, 2.75) is 26.3 Å². The van der Waals surface area contributed by atoms with E-state index < -0.39 is 0 Å². The average Bonchev–Trinajstić information content (AvgIpc) is 2.67. The molecule has 0 aliphatic carbocycles. The van der Waals surface area contributed by atoms with Crippen LogP contribution < -0.4 is 14.8 Å². The molecule has 0 saturated heterocycles. The average molecular weight is 368 g/mol. The van der Waals surface area contributed by atoms with Crippen molar-refractivity contribution < 1.29 is 19.1 Å². The van der Waals surface area contributed by atoms with Crippen molar-refractivity contribution in [2.75, 3.05) is 26.1 Å². The highest BCUT2D eigenvalue weighted by Gasteiger charge is 2.29. The quantitative estimate of drug-likeness (QED) is 0.898. The van der Waals surface area contributed by atoms with Crippen LogP contribution >= 0.6 is 0 Å². The summed E-state index contributed by atoms with van der Waals surface area (Å²) in [6.07, 6.45) is 0.760. The molecule has 6 nitrogen and oxygen atoms in total. The van der Waals surface area contributed by atoms with Crippen LogP contribution in [0.2, 0.25) is 0 Å². The molecular formula is C21H24N2O4. The van der Waals surface area contributed by atoms with E-state index in [1.54, 1.807) is 38.5 Å². The Morgan fingerprint density at radius 1 is 1.07 bits per heavy atom. The van der Waals surface area contributed by atoms with Crippen LogP contribution in [0.1, 0.15) is 41.4 Å². The van der Waals surface area contributed by atoms with Crippen LogP contribution in [0.5, 0.6) is 11.5 Å². The fraction of sp³-hybridized carbons (Fsp3) is 0.333. The smallest absolute Gasteiger partial charge is 0.254 e. The molecule has 1 aliphatic heterocycles. The van der Waals surface area contributed by atoms with Gasteiger partial charge in [0.15, 0.2) is 11.5 Å². The van der Waals surface area contributed by atoms with Gasteiger partial charge in [-0.05, 0) is 60.9 Å². The first kappa shape index (κ1) is 18.8. The highest BCUT2D eigenvalue weighted by molar-refractivity contribution is 5.96. The number of nitrogens with one attached hydrogen (secondary N) is 1. The molecule has 2 aromatic rings. The van der Waals surface area contributed by atoms with Gasteiger partial charge in [-0.25, -0.2) is 0 Å². The van der Waals surface area contributed by atoms with Crippen molar-refractivity contribution in [3.63, 3.8) is 0 Å². The second-order valence-corrected chi connectivity index (χ2v) is 6.59. The van der Waals surface area contributed by atoms with E-state index in [9.17, 15) is 9.59 Å². The Balaban J connectivity index is 1.84. The number of carbonyl (C=O) groups is 2. The van der Waals surface area contributed by atoms with E-state index in [0.717, 1.165) is 12.0 Å². The third kappa shape index (κ3) is 3.74. The van der Waals surface area contributed by atoms with Gasteiger partial charge in [-0.1, -0.05) is 0 Å². The van der Waals surface area contributed by atoms with Crippen molar-refractivity contribution in [3.8, 4) is 11.5 Å². The number of carbonyl (C=O) groups excluding carboxylic acids is 2. The highest BCUT2D eigenvalue weighted by atomic mass is 16.5. The predicted molar refractivity (Wildman–Crippen MR) is 103 cm³/mol. The molecule has 2 amide bonds. The van der Waals surface area contributed by atoms with E-state index >= 15 is 0 Å². The second-order valence-electron chi connectivity index (χ2n) is 6.59. The summed E-state index contributed by atoms with van der Waals surface area (Å²) in [5.74, 6) is 1.20. The second kappa shape index (κ2) is 7.70. The monoisotopic (exact) mass is 368 g/mol. The number of rotatable bonds is 4. The van der Waals surface area contributed by atoms with Gasteiger partial charge in [0.2, 0.25) is 5.91 Å². The fourth-order valence-corrected chi connectivity index (χ4v) is 3.49. The summed E-state index contributed by atoms with van der Waals surface area (Å²) < 4.78 is 10.8. The van der Waals surface area contributed by atoms with Crippen molar-refractivity contribution in [2.24, 2.45) is 0 Å². The molecule has 6 heteroatoms. The molecule has 1 unspecified atom stereocenters. The van der Waals surface area contributed by atoms with Crippen LogP contribution in [-0.4, -0.2) is 37.5 Å². The molecule has 0 aromatic heterocycles. The maximum Gasteiger partial charge on any atom is 0.254 e.